The molecule has 0 aliphatic heterocycles. The number of aromatic nitrogens is 2. The van der Waals surface area contributed by atoms with Crippen LogP contribution >= 0.6 is 11.6 Å². The van der Waals surface area contributed by atoms with Gasteiger partial charge in [0, 0.05) is 17.4 Å². The highest BCUT2D eigenvalue weighted by Crippen LogP contribution is 2.24. The summed E-state index contributed by atoms with van der Waals surface area (Å²) in [5.41, 5.74) is 7.03. The molecular formula is C13H15ClN4O. The topological polar surface area (TPSA) is 72.9 Å². The van der Waals surface area contributed by atoms with Crippen molar-refractivity contribution < 1.29 is 4.79 Å². The summed E-state index contributed by atoms with van der Waals surface area (Å²) in [5.74, 6) is -0.238. The summed E-state index contributed by atoms with van der Waals surface area (Å²) in [6.45, 7) is 1.86. The minimum atomic E-state index is -0.538. The van der Waals surface area contributed by atoms with Crippen LogP contribution in [-0.4, -0.2) is 21.7 Å². The third kappa shape index (κ3) is 3.13. The van der Waals surface area contributed by atoms with Crippen molar-refractivity contribution in [1.29, 1.82) is 0 Å². The fourth-order valence-electron chi connectivity index (χ4n) is 1.63. The summed E-state index contributed by atoms with van der Waals surface area (Å²) >= 11 is 5.96. The molecular weight excluding hydrogens is 264 g/mol. The van der Waals surface area contributed by atoms with Gasteiger partial charge in [0.05, 0.1) is 17.4 Å². The molecule has 0 saturated carbocycles. The molecule has 6 heteroatoms. The van der Waals surface area contributed by atoms with E-state index >= 15 is 0 Å². The van der Waals surface area contributed by atoms with Crippen LogP contribution in [-0.2, 0) is 4.79 Å². The van der Waals surface area contributed by atoms with E-state index < -0.39 is 6.04 Å². The highest BCUT2D eigenvalue weighted by molar-refractivity contribution is 6.31. The van der Waals surface area contributed by atoms with E-state index in [1.165, 1.54) is 0 Å². The normalized spacial score (nSPS) is 12.2. The average molecular weight is 279 g/mol. The summed E-state index contributed by atoms with van der Waals surface area (Å²) in [6, 6.07) is 6.48. The lowest BCUT2D eigenvalue weighted by atomic mass is 10.2. The number of carbonyl (C=O) groups is 1. The fraction of sp³-hybridized carbons (Fsp3) is 0.231. The van der Waals surface area contributed by atoms with Crippen LogP contribution in [0.1, 0.15) is 13.3 Å². The molecule has 1 aromatic carbocycles. The number of nitrogens with one attached hydrogen (secondary N) is 1. The van der Waals surface area contributed by atoms with Gasteiger partial charge >= 0.3 is 0 Å². The third-order valence-electron chi connectivity index (χ3n) is 2.74. The molecule has 5 nitrogen and oxygen atoms in total. The summed E-state index contributed by atoms with van der Waals surface area (Å²) in [5, 5.41) is 7.46. The number of rotatable bonds is 4. The largest absolute Gasteiger partial charge is 0.323 e. The minimum absolute atomic E-state index is 0.238. The van der Waals surface area contributed by atoms with Gasteiger partial charge in [0.25, 0.3) is 0 Å². The van der Waals surface area contributed by atoms with Crippen molar-refractivity contribution in [2.45, 2.75) is 19.4 Å². The standard InChI is InChI=1S/C13H15ClN4O/c1-2-10(15)13(19)17-11-8-9(14)4-5-12(11)18-7-3-6-16-18/h3-8,10H,2,15H2,1H3,(H,17,19)/t10-/m1/s1. The first-order valence-corrected chi connectivity index (χ1v) is 6.35. The number of nitrogens with zero attached hydrogens (tertiary/aromatic N) is 2. The van der Waals surface area contributed by atoms with E-state index in [0.29, 0.717) is 17.1 Å². The number of anilines is 1. The predicted molar refractivity (Wildman–Crippen MR) is 75.5 cm³/mol. The number of benzene rings is 1. The van der Waals surface area contributed by atoms with Crippen molar-refractivity contribution in [2.24, 2.45) is 5.73 Å². The Balaban J connectivity index is 2.33. The maximum Gasteiger partial charge on any atom is 0.241 e. The number of carbonyl (C=O) groups excluding carboxylic acids is 1. The Morgan fingerprint density at radius 3 is 3.00 bits per heavy atom. The van der Waals surface area contributed by atoms with E-state index in [9.17, 15) is 4.79 Å². The van der Waals surface area contributed by atoms with Gasteiger partial charge < -0.3 is 11.1 Å². The first kappa shape index (κ1) is 13.6. The Kier molecular flexibility index (Phi) is 4.19. The quantitative estimate of drug-likeness (QED) is 0.900. The molecule has 2 aromatic rings. The van der Waals surface area contributed by atoms with E-state index in [-0.39, 0.29) is 5.91 Å². The average Bonchev–Trinajstić information content (AvgIpc) is 2.91. The van der Waals surface area contributed by atoms with Crippen LogP contribution in [0.25, 0.3) is 5.69 Å². The van der Waals surface area contributed by atoms with Crippen molar-refractivity contribution in [3.8, 4) is 5.69 Å². The van der Waals surface area contributed by atoms with Crippen LogP contribution < -0.4 is 11.1 Å². The van der Waals surface area contributed by atoms with Gasteiger partial charge in [0.1, 0.15) is 0 Å². The monoisotopic (exact) mass is 278 g/mol. The molecule has 0 aliphatic rings. The third-order valence-corrected chi connectivity index (χ3v) is 2.98. The molecule has 0 saturated heterocycles. The van der Waals surface area contributed by atoms with Crippen LogP contribution in [0.3, 0.4) is 0 Å². The smallest absolute Gasteiger partial charge is 0.241 e. The van der Waals surface area contributed by atoms with E-state index in [4.69, 9.17) is 17.3 Å². The van der Waals surface area contributed by atoms with Crippen molar-refractivity contribution in [2.75, 3.05) is 5.32 Å². The molecule has 2 rings (SSSR count). The van der Waals surface area contributed by atoms with Gasteiger partial charge in [-0.25, -0.2) is 4.68 Å². The summed E-state index contributed by atoms with van der Waals surface area (Å²) < 4.78 is 1.66. The lowest BCUT2D eigenvalue weighted by molar-refractivity contribution is -0.117. The Bertz CT molecular complexity index is 568. The van der Waals surface area contributed by atoms with Gasteiger partial charge in [-0.1, -0.05) is 18.5 Å². The molecule has 1 heterocycles. The molecule has 0 spiro atoms. The first-order valence-electron chi connectivity index (χ1n) is 5.98. The van der Waals surface area contributed by atoms with Crippen molar-refractivity contribution in [3.05, 3.63) is 41.7 Å². The molecule has 3 N–H and O–H groups in total. The Hall–Kier alpha value is -1.85. The van der Waals surface area contributed by atoms with Gasteiger partial charge in [-0.05, 0) is 30.7 Å². The number of amides is 1. The minimum Gasteiger partial charge on any atom is -0.323 e. The zero-order valence-electron chi connectivity index (χ0n) is 10.5. The lowest BCUT2D eigenvalue weighted by Crippen LogP contribution is -2.35. The summed E-state index contributed by atoms with van der Waals surface area (Å²) in [7, 11) is 0. The first-order chi connectivity index (χ1) is 9.11. The molecule has 19 heavy (non-hydrogen) atoms. The Morgan fingerprint density at radius 2 is 2.37 bits per heavy atom. The molecule has 100 valence electrons. The van der Waals surface area contributed by atoms with E-state index in [0.717, 1.165) is 5.69 Å². The van der Waals surface area contributed by atoms with Crippen molar-refractivity contribution >= 4 is 23.2 Å². The van der Waals surface area contributed by atoms with Crippen LogP contribution in [0.5, 0.6) is 0 Å². The number of hydrogen-bond donors (Lipinski definition) is 2. The highest BCUT2D eigenvalue weighted by Gasteiger charge is 2.14. The van der Waals surface area contributed by atoms with Crippen LogP contribution in [0.2, 0.25) is 5.02 Å². The second-order valence-electron chi connectivity index (χ2n) is 4.12. The van der Waals surface area contributed by atoms with E-state index in [1.54, 1.807) is 41.3 Å². The zero-order chi connectivity index (χ0) is 13.8. The molecule has 1 amide bonds. The molecule has 0 unspecified atom stereocenters. The van der Waals surface area contributed by atoms with Gasteiger partial charge in [-0.15, -0.1) is 0 Å². The van der Waals surface area contributed by atoms with Crippen LogP contribution in [0, 0.1) is 0 Å². The van der Waals surface area contributed by atoms with Crippen molar-refractivity contribution in [3.63, 3.8) is 0 Å². The maximum atomic E-state index is 11.9. The van der Waals surface area contributed by atoms with Gasteiger partial charge in [-0.2, -0.15) is 5.10 Å². The molecule has 0 radical (unpaired) electrons. The molecule has 0 aliphatic carbocycles. The van der Waals surface area contributed by atoms with Crippen LogP contribution in [0.4, 0.5) is 5.69 Å². The number of halogens is 1. The molecule has 1 aromatic heterocycles. The summed E-state index contributed by atoms with van der Waals surface area (Å²) in [6.07, 6.45) is 4.03. The number of nitrogens with two attached hydrogens (primary N) is 1. The SMILES string of the molecule is CC[C@@H](N)C(=O)Nc1cc(Cl)ccc1-n1cccn1. The second-order valence-corrected chi connectivity index (χ2v) is 4.55. The Labute approximate surface area is 116 Å². The fourth-order valence-corrected chi connectivity index (χ4v) is 1.80. The second kappa shape index (κ2) is 5.86. The van der Waals surface area contributed by atoms with Crippen molar-refractivity contribution in [1.82, 2.24) is 9.78 Å². The van der Waals surface area contributed by atoms with E-state index in [1.807, 2.05) is 6.92 Å². The number of hydrogen-bond acceptors (Lipinski definition) is 3. The van der Waals surface area contributed by atoms with Crippen LogP contribution in [0.15, 0.2) is 36.7 Å². The lowest BCUT2D eigenvalue weighted by Gasteiger charge is -2.14. The van der Waals surface area contributed by atoms with E-state index in [2.05, 4.69) is 10.4 Å². The predicted octanol–water partition coefficient (Wildman–Crippen LogP) is 2.20. The molecule has 0 bridgehead atoms. The van der Waals surface area contributed by atoms with Gasteiger partial charge in [0.2, 0.25) is 5.91 Å². The molecule has 1 atom stereocenters. The van der Waals surface area contributed by atoms with Gasteiger partial charge in [-0.3, -0.25) is 4.79 Å². The highest BCUT2D eigenvalue weighted by atomic mass is 35.5. The summed E-state index contributed by atoms with van der Waals surface area (Å²) in [4.78, 5) is 11.9. The zero-order valence-corrected chi connectivity index (χ0v) is 11.3. The molecule has 0 fully saturated rings. The van der Waals surface area contributed by atoms with Gasteiger partial charge in [0.15, 0.2) is 0 Å². The Morgan fingerprint density at radius 1 is 1.58 bits per heavy atom. The maximum absolute atomic E-state index is 11.9.